The van der Waals surface area contributed by atoms with E-state index in [-0.39, 0.29) is 11.8 Å². The standard InChI is InChI=1S/C15H23NO/c1-3-12(4-2)11-15(17)14(16)10-13-8-6-5-7-9-13/h5-9,12,14H,3-4,10-11,16H2,1-2H3. The number of benzene rings is 1. The van der Waals surface area contributed by atoms with Crippen molar-refractivity contribution in [1.29, 1.82) is 0 Å². The molecule has 0 radical (unpaired) electrons. The maximum atomic E-state index is 12.0. The molecule has 1 rings (SSSR count). The van der Waals surface area contributed by atoms with E-state index in [1.54, 1.807) is 0 Å². The smallest absolute Gasteiger partial charge is 0.150 e. The Kier molecular flexibility index (Phi) is 5.92. The number of nitrogens with two attached hydrogens (primary N) is 1. The van der Waals surface area contributed by atoms with E-state index >= 15 is 0 Å². The molecule has 1 aromatic carbocycles. The molecule has 0 bridgehead atoms. The van der Waals surface area contributed by atoms with Crippen LogP contribution in [0, 0.1) is 5.92 Å². The predicted molar refractivity (Wildman–Crippen MR) is 71.8 cm³/mol. The second kappa shape index (κ2) is 7.23. The van der Waals surface area contributed by atoms with Crippen molar-refractivity contribution >= 4 is 5.78 Å². The van der Waals surface area contributed by atoms with Crippen molar-refractivity contribution in [2.24, 2.45) is 11.7 Å². The zero-order valence-electron chi connectivity index (χ0n) is 10.9. The predicted octanol–water partition coefficient (Wildman–Crippen LogP) is 2.95. The molecule has 0 aromatic heterocycles. The molecular formula is C15H23NO. The van der Waals surface area contributed by atoms with Crippen molar-refractivity contribution in [2.45, 2.75) is 45.6 Å². The first-order chi connectivity index (χ1) is 8.17. The van der Waals surface area contributed by atoms with Gasteiger partial charge in [0.15, 0.2) is 0 Å². The number of carbonyl (C=O) groups excluding carboxylic acids is 1. The van der Waals surface area contributed by atoms with Crippen LogP contribution in [-0.4, -0.2) is 11.8 Å². The third-order valence-electron chi connectivity index (χ3n) is 3.36. The van der Waals surface area contributed by atoms with Crippen LogP contribution in [0.4, 0.5) is 0 Å². The summed E-state index contributed by atoms with van der Waals surface area (Å²) >= 11 is 0. The van der Waals surface area contributed by atoms with E-state index in [9.17, 15) is 4.79 Å². The van der Waals surface area contributed by atoms with E-state index in [1.807, 2.05) is 30.3 Å². The fourth-order valence-corrected chi connectivity index (χ4v) is 2.00. The summed E-state index contributed by atoms with van der Waals surface area (Å²) in [6.07, 6.45) is 3.39. The molecule has 0 amide bonds. The van der Waals surface area contributed by atoms with Crippen molar-refractivity contribution < 1.29 is 4.79 Å². The van der Waals surface area contributed by atoms with E-state index in [0.717, 1.165) is 18.4 Å². The van der Waals surface area contributed by atoms with E-state index in [2.05, 4.69) is 13.8 Å². The zero-order valence-corrected chi connectivity index (χ0v) is 10.9. The molecule has 0 spiro atoms. The summed E-state index contributed by atoms with van der Waals surface area (Å²) in [6.45, 7) is 4.26. The first kappa shape index (κ1) is 13.9. The Morgan fingerprint density at radius 1 is 1.18 bits per heavy atom. The SMILES string of the molecule is CCC(CC)CC(=O)C(N)Cc1ccccc1. The minimum atomic E-state index is -0.349. The minimum absolute atomic E-state index is 0.197. The van der Waals surface area contributed by atoms with Crippen LogP contribution in [-0.2, 0) is 11.2 Å². The number of hydrogen-bond acceptors (Lipinski definition) is 2. The van der Waals surface area contributed by atoms with Crippen molar-refractivity contribution in [3.63, 3.8) is 0 Å². The highest BCUT2D eigenvalue weighted by Crippen LogP contribution is 2.14. The number of rotatable bonds is 7. The summed E-state index contributed by atoms with van der Waals surface area (Å²) in [7, 11) is 0. The molecule has 1 atom stereocenters. The van der Waals surface area contributed by atoms with Gasteiger partial charge in [-0.1, -0.05) is 57.0 Å². The first-order valence-electron chi connectivity index (χ1n) is 6.49. The number of ketones is 1. The van der Waals surface area contributed by atoms with Gasteiger partial charge in [0.05, 0.1) is 6.04 Å². The molecule has 0 saturated heterocycles. The summed E-state index contributed by atoms with van der Waals surface area (Å²) in [4.78, 5) is 12.0. The third-order valence-corrected chi connectivity index (χ3v) is 3.36. The largest absolute Gasteiger partial charge is 0.321 e. The molecule has 0 heterocycles. The van der Waals surface area contributed by atoms with Gasteiger partial charge in [-0.2, -0.15) is 0 Å². The fraction of sp³-hybridized carbons (Fsp3) is 0.533. The molecule has 2 heteroatoms. The third kappa shape index (κ3) is 4.70. The summed E-state index contributed by atoms with van der Waals surface area (Å²) in [5, 5.41) is 0. The second-order valence-corrected chi connectivity index (χ2v) is 4.65. The van der Waals surface area contributed by atoms with Gasteiger partial charge in [-0.05, 0) is 17.9 Å². The number of carbonyl (C=O) groups is 1. The van der Waals surface area contributed by atoms with Crippen molar-refractivity contribution in [3.05, 3.63) is 35.9 Å². The van der Waals surface area contributed by atoms with Crippen LogP contribution in [0.5, 0.6) is 0 Å². The molecule has 2 N–H and O–H groups in total. The molecule has 0 fully saturated rings. The Labute approximate surface area is 104 Å². The van der Waals surface area contributed by atoms with Crippen molar-refractivity contribution in [3.8, 4) is 0 Å². The van der Waals surface area contributed by atoms with Crippen molar-refractivity contribution in [1.82, 2.24) is 0 Å². The van der Waals surface area contributed by atoms with Gasteiger partial charge < -0.3 is 5.73 Å². The lowest BCUT2D eigenvalue weighted by Gasteiger charge is -2.15. The molecule has 0 aliphatic rings. The topological polar surface area (TPSA) is 43.1 Å². The second-order valence-electron chi connectivity index (χ2n) is 4.65. The average Bonchev–Trinajstić information content (AvgIpc) is 2.36. The van der Waals surface area contributed by atoms with Gasteiger partial charge in [0.25, 0.3) is 0 Å². The van der Waals surface area contributed by atoms with Gasteiger partial charge >= 0.3 is 0 Å². The minimum Gasteiger partial charge on any atom is -0.321 e. The number of Topliss-reactive ketones (excluding diaryl/α,β-unsaturated/α-hetero) is 1. The summed E-state index contributed by atoms with van der Waals surface area (Å²) in [5.74, 6) is 0.687. The molecule has 1 aromatic rings. The van der Waals surface area contributed by atoms with Crippen LogP contribution in [0.2, 0.25) is 0 Å². The lowest BCUT2D eigenvalue weighted by Crippen LogP contribution is -2.33. The van der Waals surface area contributed by atoms with Gasteiger partial charge in [-0.25, -0.2) is 0 Å². The van der Waals surface area contributed by atoms with Crippen molar-refractivity contribution in [2.75, 3.05) is 0 Å². The monoisotopic (exact) mass is 233 g/mol. The maximum Gasteiger partial charge on any atom is 0.150 e. The van der Waals surface area contributed by atoms with Gasteiger partial charge in [-0.3, -0.25) is 4.79 Å². The van der Waals surface area contributed by atoms with E-state index in [1.165, 1.54) is 0 Å². The molecule has 2 nitrogen and oxygen atoms in total. The van der Waals surface area contributed by atoms with Crippen LogP contribution < -0.4 is 5.73 Å². The molecule has 1 unspecified atom stereocenters. The highest BCUT2D eigenvalue weighted by atomic mass is 16.1. The first-order valence-corrected chi connectivity index (χ1v) is 6.49. The van der Waals surface area contributed by atoms with E-state index in [0.29, 0.717) is 18.8 Å². The number of hydrogen-bond donors (Lipinski definition) is 1. The summed E-state index contributed by atoms with van der Waals surface area (Å²) in [6, 6.07) is 9.62. The Morgan fingerprint density at radius 2 is 1.76 bits per heavy atom. The molecule has 0 aliphatic carbocycles. The van der Waals surface area contributed by atoms with E-state index < -0.39 is 0 Å². The Morgan fingerprint density at radius 3 is 2.29 bits per heavy atom. The molecule has 0 saturated carbocycles. The molecule has 17 heavy (non-hydrogen) atoms. The van der Waals surface area contributed by atoms with Crippen LogP contribution in [0.15, 0.2) is 30.3 Å². The van der Waals surface area contributed by atoms with Crippen LogP contribution >= 0.6 is 0 Å². The molecule has 0 aliphatic heterocycles. The van der Waals surface area contributed by atoms with Crippen LogP contribution in [0.3, 0.4) is 0 Å². The van der Waals surface area contributed by atoms with Gasteiger partial charge in [0, 0.05) is 6.42 Å². The quantitative estimate of drug-likeness (QED) is 0.786. The van der Waals surface area contributed by atoms with Crippen LogP contribution in [0.1, 0.15) is 38.7 Å². The van der Waals surface area contributed by atoms with Gasteiger partial charge in [0.2, 0.25) is 0 Å². The highest BCUT2D eigenvalue weighted by Gasteiger charge is 2.17. The Bertz CT molecular complexity index is 330. The maximum absolute atomic E-state index is 12.0. The highest BCUT2D eigenvalue weighted by molar-refractivity contribution is 5.84. The lowest BCUT2D eigenvalue weighted by molar-refractivity contribution is -0.121. The van der Waals surface area contributed by atoms with Gasteiger partial charge in [0.1, 0.15) is 5.78 Å². The normalized spacial score (nSPS) is 12.7. The Hall–Kier alpha value is -1.15. The summed E-state index contributed by atoms with van der Waals surface area (Å²) < 4.78 is 0. The fourth-order valence-electron chi connectivity index (χ4n) is 2.00. The molecular weight excluding hydrogens is 210 g/mol. The Balaban J connectivity index is 2.47. The van der Waals surface area contributed by atoms with Crippen LogP contribution in [0.25, 0.3) is 0 Å². The van der Waals surface area contributed by atoms with Gasteiger partial charge in [-0.15, -0.1) is 0 Å². The zero-order chi connectivity index (χ0) is 12.7. The van der Waals surface area contributed by atoms with E-state index in [4.69, 9.17) is 5.73 Å². The average molecular weight is 233 g/mol. The molecule has 94 valence electrons. The summed E-state index contributed by atoms with van der Waals surface area (Å²) in [5.41, 5.74) is 7.09. The lowest BCUT2D eigenvalue weighted by atomic mass is 9.92.